The van der Waals surface area contributed by atoms with Gasteiger partial charge in [0.05, 0.1) is 6.54 Å². The fourth-order valence-corrected chi connectivity index (χ4v) is 3.76. The molecule has 146 valence electrons. The minimum absolute atomic E-state index is 0.193. The highest BCUT2D eigenvalue weighted by Gasteiger charge is 2.34. The van der Waals surface area contributed by atoms with Crippen LogP contribution in [0.4, 0.5) is 5.69 Å². The quantitative estimate of drug-likeness (QED) is 0.747. The van der Waals surface area contributed by atoms with E-state index in [1.54, 1.807) is 11.0 Å². The Morgan fingerprint density at radius 2 is 2.21 bits per heavy atom. The van der Waals surface area contributed by atoms with Crippen molar-refractivity contribution in [2.75, 3.05) is 5.32 Å². The van der Waals surface area contributed by atoms with Gasteiger partial charge in [0.1, 0.15) is 18.4 Å². The molecule has 0 saturated carbocycles. The summed E-state index contributed by atoms with van der Waals surface area (Å²) in [6.45, 7) is 7.33. The standard InChI is InChI=1S/C21H25N5O2/c1-21(2,3)15-7-8-18-17(10-15)19(25-28-18)20(27)24-16-6-4-5-14(9-16)11-26-13-22-12-23-26/h4-6,9,12-13,15H,7-8,10-11H2,1-3H3,(H,24,27). The van der Waals surface area contributed by atoms with Crippen molar-refractivity contribution in [1.82, 2.24) is 19.9 Å². The van der Waals surface area contributed by atoms with E-state index in [0.717, 1.165) is 41.8 Å². The Labute approximate surface area is 164 Å². The largest absolute Gasteiger partial charge is 0.360 e. The van der Waals surface area contributed by atoms with Gasteiger partial charge in [-0.25, -0.2) is 9.67 Å². The van der Waals surface area contributed by atoms with Crippen molar-refractivity contribution in [3.05, 3.63) is 59.5 Å². The second-order valence-corrected chi connectivity index (χ2v) is 8.49. The number of fused-ring (bicyclic) bond motifs is 1. The van der Waals surface area contributed by atoms with Crippen molar-refractivity contribution in [2.45, 2.75) is 46.6 Å². The average molecular weight is 379 g/mol. The van der Waals surface area contributed by atoms with Crippen LogP contribution < -0.4 is 5.32 Å². The molecule has 1 aliphatic carbocycles. The molecule has 7 heteroatoms. The van der Waals surface area contributed by atoms with Crippen molar-refractivity contribution >= 4 is 11.6 Å². The summed E-state index contributed by atoms with van der Waals surface area (Å²) in [6.07, 6.45) is 5.90. The minimum Gasteiger partial charge on any atom is -0.360 e. The molecule has 1 atom stereocenters. The number of nitrogens with zero attached hydrogens (tertiary/aromatic N) is 4. The predicted octanol–water partition coefficient (Wildman–Crippen LogP) is 3.72. The van der Waals surface area contributed by atoms with E-state index in [2.05, 4.69) is 41.3 Å². The highest BCUT2D eigenvalue weighted by atomic mass is 16.5. The smallest absolute Gasteiger partial charge is 0.278 e. The molecule has 1 amide bonds. The first-order valence-electron chi connectivity index (χ1n) is 9.60. The van der Waals surface area contributed by atoms with Gasteiger partial charge in [0.2, 0.25) is 0 Å². The summed E-state index contributed by atoms with van der Waals surface area (Å²) in [5.74, 6) is 1.14. The summed E-state index contributed by atoms with van der Waals surface area (Å²) in [5.41, 5.74) is 3.31. The molecule has 0 bridgehead atoms. The number of nitrogens with one attached hydrogen (secondary N) is 1. The number of carbonyl (C=O) groups excluding carboxylic acids is 1. The lowest BCUT2D eigenvalue weighted by Gasteiger charge is -2.33. The Kier molecular flexibility index (Phi) is 4.75. The monoisotopic (exact) mass is 379 g/mol. The van der Waals surface area contributed by atoms with Crippen molar-refractivity contribution in [3.63, 3.8) is 0 Å². The van der Waals surface area contributed by atoms with E-state index in [0.29, 0.717) is 18.2 Å². The summed E-state index contributed by atoms with van der Waals surface area (Å²) in [4.78, 5) is 16.8. The molecule has 1 aromatic carbocycles. The molecule has 0 saturated heterocycles. The average Bonchev–Trinajstić information content (AvgIpc) is 3.30. The number of rotatable bonds is 4. The molecule has 2 heterocycles. The maximum absolute atomic E-state index is 12.9. The first-order valence-corrected chi connectivity index (χ1v) is 9.60. The van der Waals surface area contributed by atoms with E-state index in [4.69, 9.17) is 4.52 Å². The predicted molar refractivity (Wildman–Crippen MR) is 105 cm³/mol. The van der Waals surface area contributed by atoms with Crippen LogP contribution in [0.5, 0.6) is 0 Å². The third-order valence-corrected chi connectivity index (χ3v) is 5.48. The number of aryl methyl sites for hydroxylation is 1. The van der Waals surface area contributed by atoms with E-state index in [1.807, 2.05) is 24.3 Å². The fraction of sp³-hybridized carbons (Fsp3) is 0.429. The van der Waals surface area contributed by atoms with Crippen LogP contribution in [0.1, 0.15) is 54.6 Å². The van der Waals surface area contributed by atoms with Gasteiger partial charge in [-0.05, 0) is 41.9 Å². The van der Waals surface area contributed by atoms with Crippen LogP contribution in [-0.2, 0) is 19.4 Å². The normalized spacial score (nSPS) is 16.6. The summed E-state index contributed by atoms with van der Waals surface area (Å²) in [5, 5.41) is 11.2. The van der Waals surface area contributed by atoms with E-state index < -0.39 is 0 Å². The molecule has 7 nitrogen and oxygen atoms in total. The zero-order valence-corrected chi connectivity index (χ0v) is 16.5. The van der Waals surface area contributed by atoms with Gasteiger partial charge in [-0.15, -0.1) is 0 Å². The molecule has 1 unspecified atom stereocenters. The van der Waals surface area contributed by atoms with Crippen molar-refractivity contribution in [3.8, 4) is 0 Å². The summed E-state index contributed by atoms with van der Waals surface area (Å²) >= 11 is 0. The van der Waals surface area contributed by atoms with Crippen molar-refractivity contribution in [1.29, 1.82) is 0 Å². The first kappa shape index (κ1) is 18.4. The molecule has 1 N–H and O–H groups in total. The molecule has 4 rings (SSSR count). The van der Waals surface area contributed by atoms with E-state index in [-0.39, 0.29) is 11.3 Å². The zero-order chi connectivity index (χ0) is 19.7. The van der Waals surface area contributed by atoms with Crippen LogP contribution in [0.15, 0.2) is 41.4 Å². The molecule has 0 spiro atoms. The first-order chi connectivity index (χ1) is 13.4. The molecule has 2 aromatic heterocycles. The van der Waals surface area contributed by atoms with Crippen LogP contribution in [0.2, 0.25) is 0 Å². The lowest BCUT2D eigenvalue weighted by molar-refractivity contribution is 0.101. The van der Waals surface area contributed by atoms with Crippen LogP contribution in [0.25, 0.3) is 0 Å². The van der Waals surface area contributed by atoms with E-state index in [9.17, 15) is 4.79 Å². The highest BCUT2D eigenvalue weighted by Crippen LogP contribution is 2.38. The Balaban J connectivity index is 1.50. The van der Waals surface area contributed by atoms with E-state index in [1.165, 1.54) is 6.33 Å². The van der Waals surface area contributed by atoms with Crippen LogP contribution in [0.3, 0.4) is 0 Å². The maximum Gasteiger partial charge on any atom is 0.278 e. The number of carbonyl (C=O) groups is 1. The third-order valence-electron chi connectivity index (χ3n) is 5.48. The van der Waals surface area contributed by atoms with Gasteiger partial charge in [0.15, 0.2) is 5.69 Å². The van der Waals surface area contributed by atoms with Crippen molar-refractivity contribution in [2.24, 2.45) is 11.3 Å². The second-order valence-electron chi connectivity index (χ2n) is 8.49. The van der Waals surface area contributed by atoms with Crippen molar-refractivity contribution < 1.29 is 9.32 Å². The second kappa shape index (κ2) is 7.22. The number of amides is 1. The van der Waals surface area contributed by atoms with Crippen LogP contribution in [-0.4, -0.2) is 25.8 Å². The van der Waals surface area contributed by atoms with Crippen LogP contribution >= 0.6 is 0 Å². The number of anilines is 1. The molecule has 3 aromatic rings. The lowest BCUT2D eigenvalue weighted by atomic mass is 9.71. The Hall–Kier alpha value is -2.96. The van der Waals surface area contributed by atoms with Gasteiger partial charge in [-0.3, -0.25) is 4.79 Å². The Bertz CT molecular complexity index is 969. The summed E-state index contributed by atoms with van der Waals surface area (Å²) in [7, 11) is 0. The number of aromatic nitrogens is 4. The van der Waals surface area contributed by atoms with Gasteiger partial charge >= 0.3 is 0 Å². The fourth-order valence-electron chi connectivity index (χ4n) is 3.76. The molecule has 0 radical (unpaired) electrons. The van der Waals surface area contributed by atoms with Crippen LogP contribution in [0, 0.1) is 11.3 Å². The third kappa shape index (κ3) is 3.83. The van der Waals surface area contributed by atoms with Gasteiger partial charge in [0, 0.05) is 17.7 Å². The molecule has 0 aliphatic heterocycles. The topological polar surface area (TPSA) is 85.8 Å². The van der Waals surface area contributed by atoms with Gasteiger partial charge < -0.3 is 9.84 Å². The van der Waals surface area contributed by atoms with Gasteiger partial charge in [-0.1, -0.05) is 38.1 Å². The summed E-state index contributed by atoms with van der Waals surface area (Å²) < 4.78 is 7.21. The SMILES string of the molecule is CC(C)(C)C1CCc2onc(C(=O)Nc3cccc(Cn4cncn4)c3)c2C1. The molecular formula is C21H25N5O2. The molecular weight excluding hydrogens is 354 g/mol. The van der Waals surface area contributed by atoms with E-state index >= 15 is 0 Å². The number of benzene rings is 1. The van der Waals surface area contributed by atoms with Gasteiger partial charge in [-0.2, -0.15) is 5.10 Å². The molecule has 28 heavy (non-hydrogen) atoms. The number of hydrogen-bond donors (Lipinski definition) is 1. The zero-order valence-electron chi connectivity index (χ0n) is 16.5. The minimum atomic E-state index is -0.225. The Morgan fingerprint density at radius 1 is 1.36 bits per heavy atom. The highest BCUT2D eigenvalue weighted by molar-refractivity contribution is 6.04. The summed E-state index contributed by atoms with van der Waals surface area (Å²) in [6, 6.07) is 7.70. The molecule has 0 fully saturated rings. The lowest BCUT2D eigenvalue weighted by Crippen LogP contribution is -2.27. The maximum atomic E-state index is 12.9. The Morgan fingerprint density at radius 3 is 2.96 bits per heavy atom. The molecule has 1 aliphatic rings. The number of hydrogen-bond acceptors (Lipinski definition) is 5. The van der Waals surface area contributed by atoms with Gasteiger partial charge in [0.25, 0.3) is 5.91 Å².